The van der Waals surface area contributed by atoms with E-state index in [9.17, 15) is 4.39 Å². The Morgan fingerprint density at radius 1 is 1.24 bits per heavy atom. The topological polar surface area (TPSA) is 27.1 Å². The molecule has 3 rings (SSSR count). The van der Waals surface area contributed by atoms with E-state index in [1.807, 2.05) is 0 Å². The molecule has 0 atom stereocenters. The zero-order valence-corrected chi connectivity index (χ0v) is 12.6. The van der Waals surface area contributed by atoms with Crippen LogP contribution < -0.4 is 4.74 Å². The minimum atomic E-state index is -0.378. The minimum Gasteiger partial charge on any atom is -0.497 e. The van der Waals surface area contributed by atoms with Crippen LogP contribution in [0.15, 0.2) is 36.4 Å². The zero-order chi connectivity index (χ0) is 15.0. The van der Waals surface area contributed by atoms with E-state index in [0.717, 1.165) is 5.52 Å². The Bertz CT molecular complexity index is 817. The molecule has 0 N–H and O–H groups in total. The summed E-state index contributed by atoms with van der Waals surface area (Å²) in [6.07, 6.45) is 0. The summed E-state index contributed by atoms with van der Waals surface area (Å²) in [6.45, 7) is 0. The van der Waals surface area contributed by atoms with E-state index in [0.29, 0.717) is 27.8 Å². The van der Waals surface area contributed by atoms with Gasteiger partial charge in [-0.05, 0) is 30.3 Å². The predicted molar refractivity (Wildman–Crippen MR) is 82.1 cm³/mol. The first kappa shape index (κ1) is 14.2. The van der Waals surface area contributed by atoms with E-state index in [1.165, 1.54) is 13.2 Å². The van der Waals surface area contributed by atoms with Crippen molar-refractivity contribution in [2.24, 2.45) is 0 Å². The lowest BCUT2D eigenvalue weighted by molar-refractivity contribution is 0.413. The summed E-state index contributed by atoms with van der Waals surface area (Å²) in [5.41, 5.74) is 1.75. The van der Waals surface area contributed by atoms with Crippen LogP contribution in [0, 0.1) is 5.82 Å². The highest BCUT2D eigenvalue weighted by Crippen LogP contribution is 2.28. The third-order valence-electron chi connectivity index (χ3n) is 3.20. The Kier molecular flexibility index (Phi) is 3.74. The average Bonchev–Trinajstić information content (AvgIpc) is 2.85. The first-order valence-electron chi connectivity index (χ1n) is 6.21. The van der Waals surface area contributed by atoms with Gasteiger partial charge in [-0.1, -0.05) is 11.6 Å². The van der Waals surface area contributed by atoms with Crippen molar-refractivity contribution in [2.45, 2.75) is 5.88 Å². The second kappa shape index (κ2) is 5.54. The highest BCUT2D eigenvalue weighted by atomic mass is 35.5. The van der Waals surface area contributed by atoms with Crippen LogP contribution in [0.25, 0.3) is 16.7 Å². The van der Waals surface area contributed by atoms with Crippen molar-refractivity contribution >= 4 is 34.2 Å². The molecule has 1 heterocycles. The standard InChI is InChI=1S/C15H11Cl2FN2O/c1-21-10-3-4-11(18)14(7-10)20-13-5-2-9(17)6-12(13)19-15(20)8-16/h2-7H,8H2,1H3. The predicted octanol–water partition coefficient (Wildman–Crippen LogP) is 4.57. The summed E-state index contributed by atoms with van der Waals surface area (Å²) in [5.74, 6) is 0.878. The Labute approximate surface area is 130 Å². The third-order valence-corrected chi connectivity index (χ3v) is 3.67. The molecule has 0 bridgehead atoms. The maximum absolute atomic E-state index is 14.2. The maximum Gasteiger partial charge on any atom is 0.147 e. The Balaban J connectivity index is 2.33. The molecule has 6 heteroatoms. The lowest BCUT2D eigenvalue weighted by Gasteiger charge is -2.10. The van der Waals surface area contributed by atoms with Gasteiger partial charge in [-0.3, -0.25) is 4.57 Å². The lowest BCUT2D eigenvalue weighted by Crippen LogP contribution is -2.02. The average molecular weight is 325 g/mol. The zero-order valence-electron chi connectivity index (χ0n) is 11.1. The van der Waals surface area contributed by atoms with E-state index in [4.69, 9.17) is 27.9 Å². The van der Waals surface area contributed by atoms with Crippen molar-refractivity contribution in [1.82, 2.24) is 9.55 Å². The summed E-state index contributed by atoms with van der Waals surface area (Å²) in [7, 11) is 1.53. The summed E-state index contributed by atoms with van der Waals surface area (Å²) in [4.78, 5) is 4.40. The molecule has 3 aromatic rings. The molecule has 2 aromatic carbocycles. The van der Waals surface area contributed by atoms with Crippen LogP contribution in [-0.4, -0.2) is 16.7 Å². The van der Waals surface area contributed by atoms with Crippen LogP contribution >= 0.6 is 23.2 Å². The van der Waals surface area contributed by atoms with E-state index in [-0.39, 0.29) is 11.7 Å². The van der Waals surface area contributed by atoms with Gasteiger partial charge in [0, 0.05) is 11.1 Å². The van der Waals surface area contributed by atoms with Crippen LogP contribution in [0.3, 0.4) is 0 Å². The van der Waals surface area contributed by atoms with E-state index in [2.05, 4.69) is 4.98 Å². The number of imidazole rings is 1. The summed E-state index contributed by atoms with van der Waals surface area (Å²) < 4.78 is 21.1. The molecule has 0 amide bonds. The van der Waals surface area contributed by atoms with Gasteiger partial charge in [-0.15, -0.1) is 11.6 Å². The van der Waals surface area contributed by atoms with Crippen molar-refractivity contribution in [2.75, 3.05) is 7.11 Å². The number of fused-ring (bicyclic) bond motifs is 1. The molecule has 0 saturated heterocycles. The van der Waals surface area contributed by atoms with Crippen LogP contribution in [0.5, 0.6) is 5.75 Å². The van der Waals surface area contributed by atoms with Crippen LogP contribution in [0.4, 0.5) is 4.39 Å². The molecule has 0 aliphatic carbocycles. The molecule has 0 spiro atoms. The fourth-order valence-corrected chi connectivity index (χ4v) is 2.60. The lowest BCUT2D eigenvalue weighted by atomic mass is 10.2. The molecule has 0 fully saturated rings. The van der Waals surface area contributed by atoms with Crippen molar-refractivity contribution in [3.8, 4) is 11.4 Å². The number of hydrogen-bond acceptors (Lipinski definition) is 2. The van der Waals surface area contributed by atoms with Gasteiger partial charge in [0.1, 0.15) is 17.4 Å². The molecule has 0 aliphatic rings. The van der Waals surface area contributed by atoms with Gasteiger partial charge in [0.15, 0.2) is 0 Å². The van der Waals surface area contributed by atoms with E-state index >= 15 is 0 Å². The summed E-state index contributed by atoms with van der Waals surface area (Å²) in [6, 6.07) is 9.78. The van der Waals surface area contributed by atoms with Gasteiger partial charge in [0.25, 0.3) is 0 Å². The minimum absolute atomic E-state index is 0.156. The largest absolute Gasteiger partial charge is 0.497 e. The number of aromatic nitrogens is 2. The normalized spacial score (nSPS) is 11.0. The molecule has 108 valence electrons. The molecule has 3 nitrogen and oxygen atoms in total. The Morgan fingerprint density at radius 3 is 2.76 bits per heavy atom. The maximum atomic E-state index is 14.2. The Hall–Kier alpha value is -1.78. The van der Waals surface area contributed by atoms with Crippen LogP contribution in [0.2, 0.25) is 5.02 Å². The molecular weight excluding hydrogens is 314 g/mol. The molecule has 0 unspecified atom stereocenters. The van der Waals surface area contributed by atoms with E-state index in [1.54, 1.807) is 34.9 Å². The van der Waals surface area contributed by atoms with Crippen LogP contribution in [-0.2, 0) is 5.88 Å². The van der Waals surface area contributed by atoms with Gasteiger partial charge >= 0.3 is 0 Å². The first-order chi connectivity index (χ1) is 10.1. The number of halogens is 3. The van der Waals surface area contributed by atoms with Gasteiger partial charge in [0.05, 0.1) is 29.7 Å². The molecular formula is C15H11Cl2FN2O. The quantitative estimate of drug-likeness (QED) is 0.660. The summed E-state index contributed by atoms with van der Waals surface area (Å²) >= 11 is 11.9. The fourth-order valence-electron chi connectivity index (χ4n) is 2.25. The molecule has 0 aliphatic heterocycles. The van der Waals surface area contributed by atoms with Crippen LogP contribution in [0.1, 0.15) is 5.82 Å². The van der Waals surface area contributed by atoms with Gasteiger partial charge in [-0.25, -0.2) is 9.37 Å². The van der Waals surface area contributed by atoms with Gasteiger partial charge in [0.2, 0.25) is 0 Å². The fraction of sp³-hybridized carbons (Fsp3) is 0.133. The smallest absolute Gasteiger partial charge is 0.147 e. The molecule has 0 saturated carbocycles. The first-order valence-corrected chi connectivity index (χ1v) is 7.12. The van der Waals surface area contributed by atoms with Crippen molar-refractivity contribution < 1.29 is 9.13 Å². The van der Waals surface area contributed by atoms with Crippen molar-refractivity contribution in [3.05, 3.63) is 53.1 Å². The van der Waals surface area contributed by atoms with Crippen molar-refractivity contribution in [3.63, 3.8) is 0 Å². The highest BCUT2D eigenvalue weighted by molar-refractivity contribution is 6.31. The number of rotatable bonds is 3. The molecule has 0 radical (unpaired) electrons. The third kappa shape index (κ3) is 2.45. The number of benzene rings is 2. The van der Waals surface area contributed by atoms with Gasteiger partial charge in [-0.2, -0.15) is 0 Å². The summed E-state index contributed by atoms with van der Waals surface area (Å²) in [5, 5.41) is 0.569. The second-order valence-corrected chi connectivity index (χ2v) is 5.15. The highest BCUT2D eigenvalue weighted by Gasteiger charge is 2.16. The SMILES string of the molecule is COc1ccc(F)c(-n2c(CCl)nc3cc(Cl)ccc32)c1. The number of nitrogens with zero attached hydrogens (tertiary/aromatic N) is 2. The number of hydrogen-bond donors (Lipinski definition) is 0. The monoisotopic (exact) mass is 324 g/mol. The second-order valence-electron chi connectivity index (χ2n) is 4.45. The van der Waals surface area contributed by atoms with E-state index < -0.39 is 0 Å². The number of ether oxygens (including phenoxy) is 1. The molecule has 21 heavy (non-hydrogen) atoms. The van der Waals surface area contributed by atoms with Crippen molar-refractivity contribution in [1.29, 1.82) is 0 Å². The van der Waals surface area contributed by atoms with Gasteiger partial charge < -0.3 is 4.74 Å². The Morgan fingerprint density at radius 2 is 2.05 bits per heavy atom. The number of alkyl halides is 1. The number of methoxy groups -OCH3 is 1. The molecule has 1 aromatic heterocycles.